The fraction of sp³-hybridized carbons (Fsp3) is 0.421. The number of amides is 1. The lowest BCUT2D eigenvalue weighted by Gasteiger charge is -2.25. The summed E-state index contributed by atoms with van der Waals surface area (Å²) < 4.78 is 66.6. The van der Waals surface area contributed by atoms with Crippen LogP contribution in [0.3, 0.4) is 0 Å². The SMILES string of the molecule is COc1ccc(CN2CCC(F)(F)C[C@@H](NS(=O)(=O)c3ccc(Cl)s3)C2=O)c(OC)c1. The number of nitrogens with one attached hydrogen (secondary N) is 1. The summed E-state index contributed by atoms with van der Waals surface area (Å²) in [4.78, 5) is 14.3. The van der Waals surface area contributed by atoms with Crippen LogP contribution in [-0.4, -0.2) is 52.0 Å². The van der Waals surface area contributed by atoms with Crippen molar-refractivity contribution in [3.05, 3.63) is 40.2 Å². The number of likely N-dealkylation sites (tertiary alicyclic amines) is 1. The Hall–Kier alpha value is -1.95. The number of nitrogens with zero attached hydrogens (tertiary/aromatic N) is 1. The van der Waals surface area contributed by atoms with E-state index in [-0.39, 0.29) is 21.6 Å². The summed E-state index contributed by atoms with van der Waals surface area (Å²) in [5.41, 5.74) is 0.577. The summed E-state index contributed by atoms with van der Waals surface area (Å²) >= 11 is 6.56. The zero-order chi connectivity index (χ0) is 22.8. The minimum Gasteiger partial charge on any atom is -0.497 e. The maximum atomic E-state index is 14.4. The largest absolute Gasteiger partial charge is 0.497 e. The summed E-state index contributed by atoms with van der Waals surface area (Å²) in [6.07, 6.45) is -1.51. The Morgan fingerprint density at radius 1 is 1.26 bits per heavy atom. The normalized spacial score (nSPS) is 19.2. The molecule has 0 unspecified atom stereocenters. The second-order valence-corrected chi connectivity index (χ2v) is 10.6. The van der Waals surface area contributed by atoms with Gasteiger partial charge in [0, 0.05) is 37.6 Å². The Bertz CT molecular complexity index is 1060. The van der Waals surface area contributed by atoms with Crippen molar-refractivity contribution < 1.29 is 31.5 Å². The average molecular weight is 495 g/mol. The van der Waals surface area contributed by atoms with Crippen molar-refractivity contribution in [1.29, 1.82) is 0 Å². The van der Waals surface area contributed by atoms with Crippen molar-refractivity contribution in [3.63, 3.8) is 0 Å². The first-order valence-electron chi connectivity index (χ1n) is 9.20. The molecule has 3 rings (SSSR count). The second kappa shape index (κ2) is 9.27. The highest BCUT2D eigenvalue weighted by Crippen LogP contribution is 2.33. The first-order valence-corrected chi connectivity index (χ1v) is 11.9. The highest BCUT2D eigenvalue weighted by molar-refractivity contribution is 7.91. The fourth-order valence-electron chi connectivity index (χ4n) is 3.24. The van der Waals surface area contributed by atoms with Crippen molar-refractivity contribution in [1.82, 2.24) is 9.62 Å². The zero-order valence-corrected chi connectivity index (χ0v) is 19.1. The van der Waals surface area contributed by atoms with E-state index in [2.05, 4.69) is 4.72 Å². The molecule has 1 N–H and O–H groups in total. The summed E-state index contributed by atoms with van der Waals surface area (Å²) in [7, 11) is -1.26. The molecule has 1 amide bonds. The molecule has 12 heteroatoms. The number of sulfonamides is 1. The molecule has 1 aliphatic rings. The summed E-state index contributed by atoms with van der Waals surface area (Å²) in [5, 5.41) is 0. The Labute approximate surface area is 188 Å². The van der Waals surface area contributed by atoms with E-state index in [0.717, 1.165) is 11.3 Å². The van der Waals surface area contributed by atoms with Crippen LogP contribution in [0.2, 0.25) is 4.34 Å². The van der Waals surface area contributed by atoms with E-state index in [1.807, 2.05) is 0 Å². The molecule has 7 nitrogen and oxygen atoms in total. The van der Waals surface area contributed by atoms with Gasteiger partial charge in [-0.1, -0.05) is 11.6 Å². The van der Waals surface area contributed by atoms with Gasteiger partial charge in [0.1, 0.15) is 21.8 Å². The van der Waals surface area contributed by atoms with Crippen LogP contribution >= 0.6 is 22.9 Å². The minimum absolute atomic E-state index is 0.0227. The number of ether oxygens (including phenoxy) is 2. The van der Waals surface area contributed by atoms with Crippen LogP contribution in [0.25, 0.3) is 0 Å². The molecule has 0 spiro atoms. The number of hydrogen-bond acceptors (Lipinski definition) is 6. The Morgan fingerprint density at radius 3 is 2.61 bits per heavy atom. The Morgan fingerprint density at radius 2 is 2.00 bits per heavy atom. The molecule has 1 fully saturated rings. The third-order valence-electron chi connectivity index (χ3n) is 4.83. The van der Waals surface area contributed by atoms with Crippen molar-refractivity contribution in [3.8, 4) is 11.5 Å². The molecule has 1 saturated heterocycles. The van der Waals surface area contributed by atoms with Gasteiger partial charge in [-0.15, -0.1) is 11.3 Å². The van der Waals surface area contributed by atoms with E-state index in [0.29, 0.717) is 17.1 Å². The lowest BCUT2D eigenvalue weighted by Crippen LogP contribution is -2.47. The molecule has 2 heterocycles. The molecule has 170 valence electrons. The highest BCUT2D eigenvalue weighted by atomic mass is 35.5. The molecule has 0 aliphatic carbocycles. The fourth-order valence-corrected chi connectivity index (χ4v) is 5.93. The molecule has 2 aromatic rings. The van der Waals surface area contributed by atoms with Crippen LogP contribution in [0.4, 0.5) is 8.78 Å². The van der Waals surface area contributed by atoms with Gasteiger partial charge in [-0.2, -0.15) is 4.72 Å². The molecule has 1 aliphatic heterocycles. The topological polar surface area (TPSA) is 84.9 Å². The maximum Gasteiger partial charge on any atom is 0.251 e. The summed E-state index contributed by atoms with van der Waals surface area (Å²) in [6.45, 7) is -0.255. The lowest BCUT2D eigenvalue weighted by atomic mass is 10.1. The van der Waals surface area contributed by atoms with Crippen LogP contribution in [0, 0.1) is 0 Å². The number of benzene rings is 1. The van der Waals surface area contributed by atoms with Crippen molar-refractivity contribution in [2.75, 3.05) is 20.8 Å². The predicted octanol–water partition coefficient (Wildman–Crippen LogP) is 3.52. The minimum atomic E-state index is -4.19. The smallest absolute Gasteiger partial charge is 0.251 e. The Kier molecular flexibility index (Phi) is 7.09. The van der Waals surface area contributed by atoms with Gasteiger partial charge in [-0.3, -0.25) is 4.79 Å². The molecule has 1 aromatic carbocycles. The van der Waals surface area contributed by atoms with E-state index in [1.165, 1.54) is 31.3 Å². The predicted molar refractivity (Wildman–Crippen MR) is 113 cm³/mol. The van der Waals surface area contributed by atoms with Crippen LogP contribution in [0.1, 0.15) is 18.4 Å². The van der Waals surface area contributed by atoms with Gasteiger partial charge in [0.15, 0.2) is 0 Å². The van der Waals surface area contributed by atoms with Gasteiger partial charge in [0.05, 0.1) is 18.6 Å². The number of alkyl halides is 2. The molecule has 0 radical (unpaired) electrons. The zero-order valence-electron chi connectivity index (χ0n) is 16.7. The van der Waals surface area contributed by atoms with Crippen LogP contribution < -0.4 is 14.2 Å². The molecular formula is C19H21ClF2N2O5S2. The van der Waals surface area contributed by atoms with E-state index >= 15 is 0 Å². The first kappa shape index (κ1) is 23.7. The van der Waals surface area contributed by atoms with Gasteiger partial charge < -0.3 is 14.4 Å². The molecule has 31 heavy (non-hydrogen) atoms. The van der Waals surface area contributed by atoms with Gasteiger partial charge in [0.2, 0.25) is 5.91 Å². The number of rotatable bonds is 7. The molecule has 0 bridgehead atoms. The van der Waals surface area contributed by atoms with Crippen molar-refractivity contribution in [2.24, 2.45) is 0 Å². The van der Waals surface area contributed by atoms with Gasteiger partial charge >= 0.3 is 0 Å². The number of thiophene rings is 1. The molecule has 1 atom stereocenters. The number of carbonyl (C=O) groups is 1. The monoisotopic (exact) mass is 494 g/mol. The Balaban J connectivity index is 1.87. The third kappa shape index (κ3) is 5.65. The summed E-state index contributed by atoms with van der Waals surface area (Å²) in [6, 6.07) is 5.97. The van der Waals surface area contributed by atoms with E-state index < -0.39 is 40.7 Å². The van der Waals surface area contributed by atoms with Gasteiger partial charge in [0.25, 0.3) is 15.9 Å². The third-order valence-corrected chi connectivity index (χ3v) is 8.02. The quantitative estimate of drug-likeness (QED) is 0.636. The number of carbonyl (C=O) groups excluding carboxylic acids is 1. The number of methoxy groups -OCH3 is 2. The second-order valence-electron chi connectivity index (χ2n) is 6.98. The maximum absolute atomic E-state index is 14.4. The molecule has 1 aromatic heterocycles. The number of halogens is 3. The van der Waals surface area contributed by atoms with Crippen LogP contribution in [-0.2, 0) is 21.4 Å². The van der Waals surface area contributed by atoms with Gasteiger partial charge in [-0.25, -0.2) is 17.2 Å². The van der Waals surface area contributed by atoms with E-state index in [1.54, 1.807) is 18.2 Å². The van der Waals surface area contributed by atoms with Crippen LogP contribution in [0.5, 0.6) is 11.5 Å². The van der Waals surface area contributed by atoms with Crippen molar-refractivity contribution >= 4 is 38.9 Å². The summed E-state index contributed by atoms with van der Waals surface area (Å²) in [5.74, 6) is -2.99. The lowest BCUT2D eigenvalue weighted by molar-refractivity contribution is -0.133. The standard InChI is InChI=1S/C19H21ClF2N2O5S2/c1-28-13-4-3-12(15(9-13)29-2)11-24-8-7-19(21,22)10-14(18(24)25)23-31(26,27)17-6-5-16(20)30-17/h3-6,9,14,23H,7-8,10-11H2,1-2H3/t14-/m1/s1. The van der Waals surface area contributed by atoms with Gasteiger partial charge in [-0.05, 0) is 24.3 Å². The average Bonchev–Trinajstić information content (AvgIpc) is 3.13. The first-order chi connectivity index (χ1) is 14.5. The highest BCUT2D eigenvalue weighted by Gasteiger charge is 2.43. The number of hydrogen-bond donors (Lipinski definition) is 1. The molecular weight excluding hydrogens is 474 g/mol. The van der Waals surface area contributed by atoms with E-state index in [4.69, 9.17) is 21.1 Å². The molecule has 0 saturated carbocycles. The van der Waals surface area contributed by atoms with Crippen molar-refractivity contribution in [2.45, 2.75) is 35.6 Å². The van der Waals surface area contributed by atoms with E-state index in [9.17, 15) is 22.0 Å². The van der Waals surface area contributed by atoms with Crippen LogP contribution in [0.15, 0.2) is 34.5 Å².